The van der Waals surface area contributed by atoms with Crippen molar-refractivity contribution in [2.45, 2.75) is 52.2 Å². The molecule has 0 aromatic heterocycles. The Balaban J connectivity index is 3.23. The first-order chi connectivity index (χ1) is 5.76. The zero-order valence-corrected chi connectivity index (χ0v) is 8.92. The van der Waals surface area contributed by atoms with Crippen molar-refractivity contribution in [3.8, 4) is 0 Å². The van der Waals surface area contributed by atoms with E-state index in [9.17, 15) is 10.4 Å². The largest absolute Gasteiger partial charge is 0.622 e. The Hall–Kier alpha value is -0.610. The summed E-state index contributed by atoms with van der Waals surface area (Å²) in [5.41, 5.74) is -0.970. The lowest BCUT2D eigenvalue weighted by molar-refractivity contribution is -0.587. The standard InChI is InChI=1S/C9H17N2O2/c1-6-7-8(2,3)11(13)9(4,5)10(7)12/h6H2,1-5H3. The van der Waals surface area contributed by atoms with E-state index in [2.05, 4.69) is 0 Å². The number of rotatable bonds is 1. The molecule has 0 unspecified atom stereocenters. The molecule has 0 aromatic rings. The molecule has 0 fully saturated rings. The van der Waals surface area contributed by atoms with Crippen LogP contribution in [0.1, 0.15) is 41.0 Å². The second kappa shape index (κ2) is 2.69. The highest BCUT2D eigenvalue weighted by Gasteiger charge is 2.56. The van der Waals surface area contributed by atoms with Gasteiger partial charge in [0.15, 0.2) is 5.71 Å². The molecule has 1 rings (SSSR count). The second-order valence-electron chi connectivity index (χ2n) is 4.44. The van der Waals surface area contributed by atoms with E-state index in [0.717, 1.165) is 9.80 Å². The molecule has 0 N–H and O–H groups in total. The third-order valence-electron chi connectivity index (χ3n) is 2.79. The molecule has 0 amide bonds. The van der Waals surface area contributed by atoms with Gasteiger partial charge in [0, 0.05) is 20.3 Å². The summed E-state index contributed by atoms with van der Waals surface area (Å²) in [6.07, 6.45) is 0.624. The molecule has 0 spiro atoms. The van der Waals surface area contributed by atoms with Gasteiger partial charge in [0.25, 0.3) is 0 Å². The summed E-state index contributed by atoms with van der Waals surface area (Å²) in [6.45, 7) is 8.78. The minimum absolute atomic E-state index is 0.624. The van der Waals surface area contributed by atoms with Gasteiger partial charge < -0.3 is 5.21 Å². The Labute approximate surface area is 79.0 Å². The lowest BCUT2D eigenvalue weighted by atomic mass is 9.97. The summed E-state index contributed by atoms with van der Waals surface area (Å²) in [4.78, 5) is 0. The topological polar surface area (TPSA) is 49.2 Å². The normalized spacial score (nSPS) is 26.9. The van der Waals surface area contributed by atoms with Crippen molar-refractivity contribution in [1.82, 2.24) is 5.06 Å². The molecule has 4 nitrogen and oxygen atoms in total. The zero-order chi connectivity index (χ0) is 10.4. The molecule has 0 aliphatic carbocycles. The molecule has 0 saturated heterocycles. The Kier molecular flexibility index (Phi) is 2.16. The van der Waals surface area contributed by atoms with Crippen molar-refractivity contribution < 1.29 is 9.95 Å². The molecule has 13 heavy (non-hydrogen) atoms. The summed E-state index contributed by atoms with van der Waals surface area (Å²) in [6, 6.07) is 0. The first-order valence-electron chi connectivity index (χ1n) is 4.57. The van der Waals surface area contributed by atoms with E-state index in [4.69, 9.17) is 0 Å². The van der Waals surface area contributed by atoms with E-state index < -0.39 is 11.2 Å². The van der Waals surface area contributed by atoms with Gasteiger partial charge in [-0.15, -0.1) is 5.21 Å². The molecular formula is C9H17N2O2. The van der Waals surface area contributed by atoms with Crippen molar-refractivity contribution in [2.24, 2.45) is 0 Å². The van der Waals surface area contributed by atoms with Crippen molar-refractivity contribution in [3.05, 3.63) is 5.21 Å². The summed E-state index contributed by atoms with van der Waals surface area (Å²) in [7, 11) is 0. The molecule has 0 saturated carbocycles. The van der Waals surface area contributed by atoms with Crippen LogP contribution < -0.4 is 0 Å². The van der Waals surface area contributed by atoms with Crippen LogP contribution in [0.3, 0.4) is 0 Å². The van der Waals surface area contributed by atoms with Crippen LogP contribution in [-0.2, 0) is 5.21 Å². The SMILES string of the molecule is CCC1=[N+]([O-])C(C)(C)N([O])C1(C)C. The van der Waals surface area contributed by atoms with E-state index in [1.165, 1.54) is 0 Å². The zero-order valence-electron chi connectivity index (χ0n) is 8.92. The fourth-order valence-corrected chi connectivity index (χ4v) is 2.04. The Bertz CT molecular complexity index is 256. The van der Waals surface area contributed by atoms with Gasteiger partial charge in [0.1, 0.15) is 5.54 Å². The third kappa shape index (κ3) is 1.16. The highest BCUT2D eigenvalue weighted by Crippen LogP contribution is 2.33. The first-order valence-corrected chi connectivity index (χ1v) is 4.57. The average Bonchev–Trinajstić information content (AvgIpc) is 2.12. The summed E-state index contributed by atoms with van der Waals surface area (Å²) in [5.74, 6) is 0. The van der Waals surface area contributed by atoms with Crippen LogP contribution in [0.25, 0.3) is 0 Å². The quantitative estimate of drug-likeness (QED) is 0.459. The highest BCUT2D eigenvalue weighted by molar-refractivity contribution is 5.89. The Morgan fingerprint density at radius 1 is 1.38 bits per heavy atom. The molecule has 75 valence electrons. The summed E-state index contributed by atoms with van der Waals surface area (Å²) in [5, 5.41) is 24.4. The van der Waals surface area contributed by atoms with Gasteiger partial charge in [-0.1, -0.05) is 12.0 Å². The van der Waals surface area contributed by atoms with Crippen LogP contribution in [0.2, 0.25) is 0 Å². The lowest BCUT2D eigenvalue weighted by Gasteiger charge is -2.27. The van der Waals surface area contributed by atoms with Gasteiger partial charge in [-0.2, -0.15) is 4.74 Å². The predicted molar refractivity (Wildman–Crippen MR) is 49.6 cm³/mol. The number of hydrogen-bond acceptors (Lipinski definition) is 2. The van der Waals surface area contributed by atoms with Crippen molar-refractivity contribution in [3.63, 3.8) is 0 Å². The lowest BCUT2D eigenvalue weighted by Crippen LogP contribution is -2.50. The van der Waals surface area contributed by atoms with Crippen molar-refractivity contribution >= 4 is 5.71 Å². The maximum Gasteiger partial charge on any atom is 0.248 e. The minimum atomic E-state index is -0.963. The van der Waals surface area contributed by atoms with E-state index >= 15 is 0 Å². The Morgan fingerprint density at radius 3 is 2.00 bits per heavy atom. The molecular weight excluding hydrogens is 168 g/mol. The van der Waals surface area contributed by atoms with E-state index in [0.29, 0.717) is 12.1 Å². The third-order valence-corrected chi connectivity index (χ3v) is 2.79. The fraction of sp³-hybridized carbons (Fsp3) is 0.889. The van der Waals surface area contributed by atoms with Crippen LogP contribution in [-0.4, -0.2) is 26.7 Å². The van der Waals surface area contributed by atoms with Crippen LogP contribution >= 0.6 is 0 Å². The first kappa shape index (κ1) is 10.5. The van der Waals surface area contributed by atoms with E-state index in [1.807, 2.05) is 6.92 Å². The number of nitrogens with zero attached hydrogens (tertiary/aromatic N) is 2. The van der Waals surface area contributed by atoms with E-state index in [1.54, 1.807) is 27.7 Å². The number of hydrogen-bond donors (Lipinski definition) is 0. The van der Waals surface area contributed by atoms with Gasteiger partial charge in [-0.25, -0.2) is 0 Å². The molecule has 1 radical (unpaired) electrons. The Morgan fingerprint density at radius 2 is 1.85 bits per heavy atom. The van der Waals surface area contributed by atoms with Crippen LogP contribution in [0.15, 0.2) is 0 Å². The molecule has 0 aromatic carbocycles. The van der Waals surface area contributed by atoms with Crippen LogP contribution in [0.5, 0.6) is 0 Å². The maximum atomic E-state index is 11.8. The van der Waals surface area contributed by atoms with Gasteiger partial charge >= 0.3 is 0 Å². The molecule has 0 atom stereocenters. The molecule has 1 aliphatic heterocycles. The van der Waals surface area contributed by atoms with Gasteiger partial charge in [0.2, 0.25) is 5.66 Å². The molecule has 4 heteroatoms. The van der Waals surface area contributed by atoms with Crippen molar-refractivity contribution in [2.75, 3.05) is 0 Å². The van der Waals surface area contributed by atoms with Crippen molar-refractivity contribution in [1.29, 1.82) is 0 Å². The fourth-order valence-electron chi connectivity index (χ4n) is 2.04. The summed E-state index contributed by atoms with van der Waals surface area (Å²) < 4.78 is 0.847. The van der Waals surface area contributed by atoms with Gasteiger partial charge in [0.05, 0.1) is 0 Å². The molecule has 0 bridgehead atoms. The maximum absolute atomic E-state index is 11.8. The highest BCUT2D eigenvalue weighted by atomic mass is 16.6. The minimum Gasteiger partial charge on any atom is -0.622 e. The van der Waals surface area contributed by atoms with Gasteiger partial charge in [-0.3, -0.25) is 0 Å². The smallest absolute Gasteiger partial charge is 0.248 e. The second-order valence-corrected chi connectivity index (χ2v) is 4.44. The van der Waals surface area contributed by atoms with Crippen LogP contribution in [0.4, 0.5) is 0 Å². The van der Waals surface area contributed by atoms with Gasteiger partial charge in [-0.05, 0) is 13.8 Å². The number of hydroxylamine groups is 3. The van der Waals surface area contributed by atoms with E-state index in [-0.39, 0.29) is 0 Å². The molecule has 1 aliphatic rings. The monoisotopic (exact) mass is 185 g/mol. The average molecular weight is 185 g/mol. The molecule has 1 heterocycles. The predicted octanol–water partition coefficient (Wildman–Crippen LogP) is 1.52. The summed E-state index contributed by atoms with van der Waals surface area (Å²) >= 11 is 0. The van der Waals surface area contributed by atoms with Crippen LogP contribution in [0, 0.1) is 5.21 Å².